The van der Waals surface area contributed by atoms with Crippen LogP contribution in [-0.2, 0) is 0 Å². The summed E-state index contributed by atoms with van der Waals surface area (Å²) in [6.45, 7) is 0. The number of hydrogen-bond acceptors (Lipinski definition) is 2. The number of nitrogens with two attached hydrogens (primary N) is 1. The summed E-state index contributed by atoms with van der Waals surface area (Å²) >= 11 is 6.01. The molecule has 1 unspecified atom stereocenters. The third-order valence-electron chi connectivity index (χ3n) is 4.29. The Hall–Kier alpha value is -1.42. The third kappa shape index (κ3) is 2.82. The standard InChI is InChI=1S/C17H18ClFN2/c18-12-8-9-16(19)15(10-12)17(21-20)14-7-2-1-6-13(14)11-4-3-5-11/h1-2,6-11,17,21H,3-5,20H2. The van der Waals surface area contributed by atoms with Gasteiger partial charge in [-0.3, -0.25) is 5.84 Å². The molecule has 2 aromatic carbocycles. The van der Waals surface area contributed by atoms with Crippen LogP contribution < -0.4 is 11.3 Å². The predicted octanol–water partition coefficient (Wildman–Crippen LogP) is 4.30. The van der Waals surface area contributed by atoms with Crippen LogP contribution in [0.3, 0.4) is 0 Å². The van der Waals surface area contributed by atoms with E-state index in [1.807, 2.05) is 18.2 Å². The van der Waals surface area contributed by atoms with Crippen molar-refractivity contribution in [2.75, 3.05) is 0 Å². The molecule has 1 atom stereocenters. The molecule has 0 saturated heterocycles. The molecule has 0 aliphatic heterocycles. The van der Waals surface area contributed by atoms with Gasteiger partial charge in [-0.1, -0.05) is 42.3 Å². The third-order valence-corrected chi connectivity index (χ3v) is 4.52. The van der Waals surface area contributed by atoms with E-state index in [-0.39, 0.29) is 11.9 Å². The highest BCUT2D eigenvalue weighted by Crippen LogP contribution is 2.40. The highest BCUT2D eigenvalue weighted by Gasteiger charge is 2.26. The van der Waals surface area contributed by atoms with Crippen LogP contribution in [0.5, 0.6) is 0 Å². The second-order valence-electron chi connectivity index (χ2n) is 5.52. The van der Waals surface area contributed by atoms with Gasteiger partial charge >= 0.3 is 0 Å². The summed E-state index contributed by atoms with van der Waals surface area (Å²) < 4.78 is 14.2. The molecule has 0 radical (unpaired) electrons. The lowest BCUT2D eigenvalue weighted by atomic mass is 9.76. The summed E-state index contributed by atoms with van der Waals surface area (Å²) in [7, 11) is 0. The van der Waals surface area contributed by atoms with Gasteiger partial charge in [-0.15, -0.1) is 0 Å². The number of nitrogens with one attached hydrogen (secondary N) is 1. The molecule has 1 aliphatic rings. The Morgan fingerprint density at radius 1 is 1.14 bits per heavy atom. The van der Waals surface area contributed by atoms with Gasteiger partial charge in [0.05, 0.1) is 6.04 Å². The Kier molecular flexibility index (Phi) is 4.24. The van der Waals surface area contributed by atoms with E-state index in [1.165, 1.54) is 30.9 Å². The minimum atomic E-state index is -0.388. The zero-order valence-electron chi connectivity index (χ0n) is 11.7. The highest BCUT2D eigenvalue weighted by atomic mass is 35.5. The van der Waals surface area contributed by atoms with E-state index in [0.717, 1.165) is 5.56 Å². The maximum absolute atomic E-state index is 14.2. The molecule has 21 heavy (non-hydrogen) atoms. The first-order chi connectivity index (χ1) is 10.2. The summed E-state index contributed by atoms with van der Waals surface area (Å²) in [5, 5.41) is 0.507. The van der Waals surface area contributed by atoms with Gasteiger partial charge in [-0.05, 0) is 48.1 Å². The van der Waals surface area contributed by atoms with E-state index in [1.54, 1.807) is 12.1 Å². The van der Waals surface area contributed by atoms with Crippen LogP contribution in [0, 0.1) is 5.82 Å². The van der Waals surface area contributed by atoms with Crippen molar-refractivity contribution in [3.63, 3.8) is 0 Å². The first-order valence-corrected chi connectivity index (χ1v) is 7.58. The van der Waals surface area contributed by atoms with Crippen LogP contribution in [0.4, 0.5) is 4.39 Å². The first-order valence-electron chi connectivity index (χ1n) is 7.20. The normalized spacial score (nSPS) is 16.5. The molecule has 4 heteroatoms. The second kappa shape index (κ2) is 6.14. The molecule has 0 aromatic heterocycles. The quantitative estimate of drug-likeness (QED) is 0.653. The monoisotopic (exact) mass is 304 g/mol. The molecular formula is C17H18ClFN2. The molecule has 0 spiro atoms. The maximum Gasteiger partial charge on any atom is 0.128 e. The SMILES string of the molecule is NNC(c1cc(Cl)ccc1F)c1ccccc1C1CCC1. The molecule has 3 rings (SSSR count). The summed E-state index contributed by atoms with van der Waals surface area (Å²) in [6.07, 6.45) is 3.63. The lowest BCUT2D eigenvalue weighted by molar-refractivity contribution is 0.413. The largest absolute Gasteiger partial charge is 0.271 e. The highest BCUT2D eigenvalue weighted by molar-refractivity contribution is 6.30. The van der Waals surface area contributed by atoms with E-state index in [0.29, 0.717) is 16.5 Å². The van der Waals surface area contributed by atoms with Crippen molar-refractivity contribution in [1.29, 1.82) is 0 Å². The lowest BCUT2D eigenvalue weighted by Crippen LogP contribution is -2.31. The molecule has 1 aliphatic carbocycles. The fourth-order valence-corrected chi connectivity index (χ4v) is 3.13. The van der Waals surface area contributed by atoms with Gasteiger partial charge in [0.2, 0.25) is 0 Å². The minimum absolute atomic E-state index is 0.300. The van der Waals surface area contributed by atoms with Crippen LogP contribution in [0.25, 0.3) is 0 Å². The van der Waals surface area contributed by atoms with Gasteiger partial charge in [0.1, 0.15) is 5.82 Å². The molecule has 3 N–H and O–H groups in total. The lowest BCUT2D eigenvalue weighted by Gasteiger charge is -2.30. The van der Waals surface area contributed by atoms with Crippen molar-refractivity contribution in [2.45, 2.75) is 31.2 Å². The molecule has 110 valence electrons. The van der Waals surface area contributed by atoms with Crippen LogP contribution in [0.1, 0.15) is 47.9 Å². The van der Waals surface area contributed by atoms with Gasteiger partial charge in [0.15, 0.2) is 0 Å². The first kappa shape index (κ1) is 14.5. The average molecular weight is 305 g/mol. The number of halogens is 2. The smallest absolute Gasteiger partial charge is 0.128 e. The molecule has 2 aromatic rings. The predicted molar refractivity (Wildman–Crippen MR) is 83.6 cm³/mol. The van der Waals surface area contributed by atoms with Gasteiger partial charge in [0, 0.05) is 10.6 Å². The van der Waals surface area contributed by atoms with Crippen LogP contribution >= 0.6 is 11.6 Å². The summed E-state index contributed by atoms with van der Waals surface area (Å²) in [6, 6.07) is 12.3. The van der Waals surface area contributed by atoms with Crippen molar-refractivity contribution in [1.82, 2.24) is 5.43 Å². The number of hydrazine groups is 1. The van der Waals surface area contributed by atoms with E-state index in [2.05, 4.69) is 11.5 Å². The zero-order chi connectivity index (χ0) is 14.8. The fraction of sp³-hybridized carbons (Fsp3) is 0.294. The summed E-state index contributed by atoms with van der Waals surface area (Å²) in [4.78, 5) is 0. The summed E-state index contributed by atoms with van der Waals surface area (Å²) in [5.41, 5.74) is 5.52. The molecular weight excluding hydrogens is 287 g/mol. The maximum atomic E-state index is 14.2. The van der Waals surface area contributed by atoms with Gasteiger partial charge in [-0.2, -0.15) is 0 Å². The fourth-order valence-electron chi connectivity index (χ4n) is 2.95. The number of hydrogen-bond donors (Lipinski definition) is 2. The Bertz CT molecular complexity index is 640. The van der Waals surface area contributed by atoms with Crippen LogP contribution in [-0.4, -0.2) is 0 Å². The Balaban J connectivity index is 2.06. The van der Waals surface area contributed by atoms with Gasteiger partial charge in [0.25, 0.3) is 0 Å². The summed E-state index contributed by atoms with van der Waals surface area (Å²) in [5.74, 6) is 5.98. The van der Waals surface area contributed by atoms with E-state index in [4.69, 9.17) is 17.4 Å². The van der Waals surface area contributed by atoms with Crippen molar-refractivity contribution < 1.29 is 4.39 Å². The van der Waals surface area contributed by atoms with E-state index >= 15 is 0 Å². The van der Waals surface area contributed by atoms with Gasteiger partial charge < -0.3 is 0 Å². The molecule has 2 nitrogen and oxygen atoms in total. The molecule has 0 amide bonds. The number of rotatable bonds is 4. The second-order valence-corrected chi connectivity index (χ2v) is 5.96. The zero-order valence-corrected chi connectivity index (χ0v) is 12.4. The molecule has 1 saturated carbocycles. The Labute approximate surface area is 129 Å². The minimum Gasteiger partial charge on any atom is -0.271 e. The average Bonchev–Trinajstić information content (AvgIpc) is 2.43. The van der Waals surface area contributed by atoms with Crippen LogP contribution in [0.2, 0.25) is 5.02 Å². The van der Waals surface area contributed by atoms with Crippen molar-refractivity contribution in [3.8, 4) is 0 Å². The molecule has 0 bridgehead atoms. The molecule has 1 fully saturated rings. The van der Waals surface area contributed by atoms with E-state index in [9.17, 15) is 4.39 Å². The van der Waals surface area contributed by atoms with Crippen molar-refractivity contribution in [2.24, 2.45) is 5.84 Å². The van der Waals surface area contributed by atoms with E-state index < -0.39 is 0 Å². The topological polar surface area (TPSA) is 38.0 Å². The van der Waals surface area contributed by atoms with Gasteiger partial charge in [-0.25, -0.2) is 9.82 Å². The Morgan fingerprint density at radius 3 is 2.57 bits per heavy atom. The number of benzene rings is 2. The Morgan fingerprint density at radius 2 is 1.90 bits per heavy atom. The van der Waals surface area contributed by atoms with Crippen LogP contribution in [0.15, 0.2) is 42.5 Å². The molecule has 0 heterocycles. The van der Waals surface area contributed by atoms with Crippen molar-refractivity contribution >= 4 is 11.6 Å². The van der Waals surface area contributed by atoms with Crippen molar-refractivity contribution in [3.05, 3.63) is 70.0 Å².